The Morgan fingerprint density at radius 1 is 1.62 bits per heavy atom. The normalized spacial score (nSPS) is 11.3. The fourth-order valence-electron chi connectivity index (χ4n) is 0.582. The van der Waals surface area contributed by atoms with E-state index in [2.05, 4.69) is 15.4 Å². The van der Waals surface area contributed by atoms with Crippen molar-refractivity contribution < 1.29 is 18.0 Å². The predicted octanol–water partition coefficient (Wildman–Crippen LogP) is -0.0168. The molecule has 0 atom stereocenters. The van der Waals surface area contributed by atoms with Crippen molar-refractivity contribution in [2.24, 2.45) is 0 Å². The Balaban J connectivity index is 2.40. The number of nitrogens with zero attached hydrogens (tertiary/aromatic N) is 2. The Kier molecular flexibility index (Phi) is 2.49. The zero-order valence-electron chi connectivity index (χ0n) is 6.22. The highest BCUT2D eigenvalue weighted by Crippen LogP contribution is 2.14. The monoisotopic (exact) mass is 194 g/mol. The van der Waals surface area contributed by atoms with E-state index in [0.29, 0.717) is 0 Å². The summed E-state index contributed by atoms with van der Waals surface area (Å²) in [6.45, 7) is -0.297. The maximum Gasteiger partial charge on any atom is 0.471 e. The Morgan fingerprint density at radius 2 is 2.31 bits per heavy atom. The molecule has 0 aliphatic heterocycles. The van der Waals surface area contributed by atoms with Crippen LogP contribution >= 0.6 is 0 Å². The first-order valence-electron chi connectivity index (χ1n) is 3.20. The van der Waals surface area contributed by atoms with Crippen molar-refractivity contribution in [1.29, 1.82) is 0 Å². The van der Waals surface area contributed by atoms with E-state index in [1.165, 1.54) is 6.20 Å². The molecule has 0 spiro atoms. The molecule has 72 valence electrons. The molecule has 2 N–H and O–H groups in total. The molecule has 0 unspecified atom stereocenters. The van der Waals surface area contributed by atoms with Gasteiger partial charge in [0.25, 0.3) is 0 Å². The molecule has 0 fully saturated rings. The maximum absolute atomic E-state index is 11.6. The molecule has 1 aromatic rings. The molecule has 5 nitrogen and oxygen atoms in total. The van der Waals surface area contributed by atoms with E-state index in [4.69, 9.17) is 0 Å². The van der Waals surface area contributed by atoms with Gasteiger partial charge in [-0.25, -0.2) is 0 Å². The quantitative estimate of drug-likeness (QED) is 0.695. The van der Waals surface area contributed by atoms with E-state index in [1.807, 2.05) is 0 Å². The number of carbonyl (C=O) groups excluding carboxylic acids is 1. The lowest BCUT2D eigenvalue weighted by Crippen LogP contribution is -2.36. The first-order valence-corrected chi connectivity index (χ1v) is 3.20. The molecular formula is C5H5F3N4O. The SMILES string of the molecule is O=C(NCc1cn[nH]n1)C(F)(F)F. The van der Waals surface area contributed by atoms with Crippen molar-refractivity contribution in [3.63, 3.8) is 0 Å². The van der Waals surface area contributed by atoms with Crippen molar-refractivity contribution in [1.82, 2.24) is 20.7 Å². The van der Waals surface area contributed by atoms with Gasteiger partial charge in [-0.05, 0) is 0 Å². The number of hydrogen-bond acceptors (Lipinski definition) is 3. The lowest BCUT2D eigenvalue weighted by molar-refractivity contribution is -0.173. The smallest absolute Gasteiger partial charge is 0.342 e. The number of amides is 1. The van der Waals surface area contributed by atoms with Gasteiger partial charge < -0.3 is 5.32 Å². The standard InChI is InChI=1S/C5H5F3N4O/c6-5(7,8)4(13)9-1-3-2-10-12-11-3/h2H,1H2,(H,9,13)(H,10,11,12). The molecule has 8 heteroatoms. The summed E-state index contributed by atoms with van der Waals surface area (Å²) in [7, 11) is 0. The summed E-state index contributed by atoms with van der Waals surface area (Å²) in [5.74, 6) is -1.99. The van der Waals surface area contributed by atoms with Crippen LogP contribution in [0.2, 0.25) is 0 Å². The fourth-order valence-corrected chi connectivity index (χ4v) is 0.582. The van der Waals surface area contributed by atoms with Crippen molar-refractivity contribution in [2.45, 2.75) is 12.7 Å². The third kappa shape index (κ3) is 2.73. The average molecular weight is 194 g/mol. The summed E-state index contributed by atoms with van der Waals surface area (Å²) in [6, 6.07) is 0. The zero-order chi connectivity index (χ0) is 9.90. The van der Waals surface area contributed by atoms with Crippen LogP contribution in [0.5, 0.6) is 0 Å². The van der Waals surface area contributed by atoms with Gasteiger partial charge in [0.05, 0.1) is 12.7 Å². The van der Waals surface area contributed by atoms with Gasteiger partial charge in [-0.1, -0.05) is 0 Å². The highest BCUT2D eigenvalue weighted by Gasteiger charge is 2.38. The molecule has 0 aliphatic rings. The first kappa shape index (κ1) is 9.49. The van der Waals surface area contributed by atoms with Gasteiger partial charge in [-0.2, -0.15) is 28.6 Å². The third-order valence-electron chi connectivity index (χ3n) is 1.15. The predicted molar refractivity (Wildman–Crippen MR) is 34.3 cm³/mol. The zero-order valence-corrected chi connectivity index (χ0v) is 6.22. The van der Waals surface area contributed by atoms with Crippen molar-refractivity contribution in [2.75, 3.05) is 0 Å². The Bertz CT molecular complexity index is 280. The topological polar surface area (TPSA) is 70.7 Å². The van der Waals surface area contributed by atoms with Crippen molar-refractivity contribution >= 4 is 5.91 Å². The minimum atomic E-state index is -4.86. The molecule has 0 aromatic carbocycles. The third-order valence-corrected chi connectivity index (χ3v) is 1.15. The van der Waals surface area contributed by atoms with E-state index in [0.717, 1.165) is 0 Å². The van der Waals surface area contributed by atoms with Gasteiger partial charge in [0.2, 0.25) is 0 Å². The second kappa shape index (κ2) is 3.42. The summed E-state index contributed by atoms with van der Waals surface area (Å²) >= 11 is 0. The Hall–Kier alpha value is -1.60. The van der Waals surface area contributed by atoms with Crippen molar-refractivity contribution in [3.05, 3.63) is 11.9 Å². The molecular weight excluding hydrogens is 189 g/mol. The molecule has 0 saturated carbocycles. The second-order valence-corrected chi connectivity index (χ2v) is 2.14. The van der Waals surface area contributed by atoms with E-state index < -0.39 is 12.1 Å². The molecule has 1 aromatic heterocycles. The number of rotatable bonds is 2. The average Bonchev–Trinajstić information content (AvgIpc) is 2.50. The Labute approximate surface area is 70.3 Å². The van der Waals surface area contributed by atoms with Crippen molar-refractivity contribution in [3.8, 4) is 0 Å². The molecule has 0 saturated heterocycles. The van der Waals surface area contributed by atoms with Crippen LogP contribution in [0.1, 0.15) is 5.69 Å². The molecule has 1 rings (SSSR count). The summed E-state index contributed by atoms with van der Waals surface area (Å²) in [5, 5.41) is 10.6. The van der Waals surface area contributed by atoms with Crippen LogP contribution in [0.4, 0.5) is 13.2 Å². The number of nitrogens with one attached hydrogen (secondary N) is 2. The molecule has 0 radical (unpaired) electrons. The number of aromatic nitrogens is 3. The number of carbonyl (C=O) groups is 1. The van der Waals surface area contributed by atoms with E-state index >= 15 is 0 Å². The van der Waals surface area contributed by atoms with Gasteiger partial charge >= 0.3 is 12.1 Å². The van der Waals surface area contributed by atoms with E-state index in [1.54, 1.807) is 5.32 Å². The number of aromatic amines is 1. The minimum Gasteiger partial charge on any atom is -0.342 e. The van der Waals surface area contributed by atoms with Gasteiger partial charge in [-0.3, -0.25) is 4.79 Å². The van der Waals surface area contributed by atoms with Crippen LogP contribution in [-0.2, 0) is 11.3 Å². The summed E-state index contributed by atoms with van der Waals surface area (Å²) < 4.78 is 34.9. The van der Waals surface area contributed by atoms with Gasteiger partial charge in [0.15, 0.2) is 0 Å². The number of hydrogen-bond donors (Lipinski definition) is 2. The Morgan fingerprint density at radius 3 is 2.77 bits per heavy atom. The van der Waals surface area contributed by atoms with Crippen LogP contribution in [0.25, 0.3) is 0 Å². The first-order chi connectivity index (χ1) is 6.00. The fraction of sp³-hybridized carbons (Fsp3) is 0.400. The van der Waals surface area contributed by atoms with Crippen LogP contribution in [0.15, 0.2) is 6.20 Å². The summed E-state index contributed by atoms with van der Waals surface area (Å²) in [4.78, 5) is 10.3. The maximum atomic E-state index is 11.6. The van der Waals surface area contributed by atoms with E-state index in [9.17, 15) is 18.0 Å². The summed E-state index contributed by atoms with van der Waals surface area (Å²) in [6.07, 6.45) is -3.64. The van der Waals surface area contributed by atoms with Gasteiger partial charge in [0, 0.05) is 0 Å². The minimum absolute atomic E-state index is 0.234. The van der Waals surface area contributed by atoms with Crippen LogP contribution in [0.3, 0.4) is 0 Å². The molecule has 0 bridgehead atoms. The molecule has 0 aliphatic carbocycles. The van der Waals surface area contributed by atoms with E-state index in [-0.39, 0.29) is 12.2 Å². The lowest BCUT2D eigenvalue weighted by Gasteiger charge is -2.05. The largest absolute Gasteiger partial charge is 0.471 e. The van der Waals surface area contributed by atoms with Gasteiger partial charge in [0.1, 0.15) is 5.69 Å². The molecule has 13 heavy (non-hydrogen) atoms. The number of H-pyrrole nitrogens is 1. The number of alkyl halides is 3. The highest BCUT2D eigenvalue weighted by molar-refractivity contribution is 5.81. The van der Waals surface area contributed by atoms with Crippen LogP contribution in [0, 0.1) is 0 Å². The van der Waals surface area contributed by atoms with Crippen LogP contribution < -0.4 is 5.32 Å². The molecule has 1 heterocycles. The highest BCUT2D eigenvalue weighted by atomic mass is 19.4. The summed E-state index contributed by atoms with van der Waals surface area (Å²) in [5.41, 5.74) is 0.234. The second-order valence-electron chi connectivity index (χ2n) is 2.14. The van der Waals surface area contributed by atoms with Crippen LogP contribution in [-0.4, -0.2) is 27.5 Å². The number of halogens is 3. The van der Waals surface area contributed by atoms with Gasteiger partial charge in [-0.15, -0.1) is 0 Å². The lowest BCUT2D eigenvalue weighted by atomic mass is 10.4. The molecule has 1 amide bonds.